The molecule has 0 bridgehead atoms. The highest BCUT2D eigenvalue weighted by Crippen LogP contribution is 2.22. The molecule has 1 N–H and O–H groups in total. The van der Waals surface area contributed by atoms with Crippen LogP contribution in [-0.4, -0.2) is 30.0 Å². The van der Waals surface area contributed by atoms with Crippen molar-refractivity contribution in [2.45, 2.75) is 12.8 Å². The molecule has 0 aliphatic carbocycles. The Hall–Kier alpha value is -3.97. The van der Waals surface area contributed by atoms with Crippen molar-refractivity contribution in [1.29, 1.82) is 0 Å². The van der Waals surface area contributed by atoms with Crippen molar-refractivity contribution < 1.29 is 23.9 Å². The Balaban J connectivity index is 1.41. The molecule has 0 radical (unpaired) electrons. The van der Waals surface area contributed by atoms with E-state index in [2.05, 4.69) is 35.5 Å². The molecule has 0 unspecified atom stereocenters. The molecule has 0 saturated heterocycles. The quantitative estimate of drug-likeness (QED) is 0.154. The van der Waals surface area contributed by atoms with Gasteiger partial charge in [-0.05, 0) is 34.2 Å². The number of ether oxygens (including phenoxy) is 1. The zero-order chi connectivity index (χ0) is 24.5. The maximum absolute atomic E-state index is 14.4. The number of hydrogen-bond donors (Lipinski definition) is 1. The summed E-state index contributed by atoms with van der Waals surface area (Å²) in [5.41, 5.74) is 4.06. The van der Waals surface area contributed by atoms with Gasteiger partial charge >= 0.3 is 5.97 Å². The highest BCUT2D eigenvalue weighted by atomic mass is 32.1. The number of aliphatic carboxylic acids is 1. The fourth-order valence-corrected chi connectivity index (χ4v) is 4.24. The fraction of sp³-hybridized carbons (Fsp3) is 0.143. The molecular formula is C28H24FNO4S. The van der Waals surface area contributed by atoms with E-state index in [1.807, 2.05) is 41.8 Å². The first kappa shape index (κ1) is 24.2. The lowest BCUT2D eigenvalue weighted by Gasteiger charge is -2.10. The molecule has 1 heterocycles. The Kier molecular flexibility index (Phi) is 8.25. The largest absolute Gasteiger partial charge is 0.487 e. The normalized spacial score (nSPS) is 11.3. The van der Waals surface area contributed by atoms with Crippen LogP contribution in [0.1, 0.15) is 16.0 Å². The maximum atomic E-state index is 14.4. The van der Waals surface area contributed by atoms with Crippen LogP contribution in [0.5, 0.6) is 5.75 Å². The van der Waals surface area contributed by atoms with Crippen molar-refractivity contribution in [1.82, 2.24) is 0 Å². The summed E-state index contributed by atoms with van der Waals surface area (Å²) in [4.78, 5) is 17.6. The molecule has 35 heavy (non-hydrogen) atoms. The Morgan fingerprint density at radius 2 is 1.63 bits per heavy atom. The summed E-state index contributed by atoms with van der Waals surface area (Å²) in [6.45, 7) is 0.175. The van der Waals surface area contributed by atoms with Crippen LogP contribution < -0.4 is 4.74 Å². The summed E-state index contributed by atoms with van der Waals surface area (Å²) in [5.74, 6) is -1.78. The second-order valence-corrected chi connectivity index (χ2v) is 8.75. The first-order valence-electron chi connectivity index (χ1n) is 11.1. The first-order valence-corrected chi connectivity index (χ1v) is 12.0. The van der Waals surface area contributed by atoms with E-state index >= 15 is 0 Å². The predicted molar refractivity (Wildman–Crippen MR) is 136 cm³/mol. The molecule has 5 nitrogen and oxygen atoms in total. The second-order valence-electron chi connectivity index (χ2n) is 7.72. The number of hydrogen-bond acceptors (Lipinski definition) is 5. The van der Waals surface area contributed by atoms with Crippen LogP contribution in [0.15, 0.2) is 95.5 Å². The average molecular weight is 490 g/mol. The van der Waals surface area contributed by atoms with Gasteiger partial charge in [-0.1, -0.05) is 78.0 Å². The molecule has 0 amide bonds. The van der Waals surface area contributed by atoms with Gasteiger partial charge in [0.05, 0.1) is 12.1 Å². The Labute approximate surface area is 207 Å². The minimum atomic E-state index is -1.10. The number of thiophene rings is 1. The number of carbonyl (C=O) groups is 1. The summed E-state index contributed by atoms with van der Waals surface area (Å²) >= 11 is 1.65. The molecule has 3 aromatic carbocycles. The summed E-state index contributed by atoms with van der Waals surface area (Å²) in [6, 6.07) is 26.8. The number of rotatable bonds is 11. The van der Waals surface area contributed by atoms with E-state index in [1.165, 1.54) is 12.1 Å². The third-order valence-corrected chi connectivity index (χ3v) is 6.12. The van der Waals surface area contributed by atoms with Crippen molar-refractivity contribution in [2.24, 2.45) is 5.16 Å². The highest BCUT2D eigenvalue weighted by molar-refractivity contribution is 7.10. The minimum absolute atomic E-state index is 0.00774. The minimum Gasteiger partial charge on any atom is -0.487 e. The van der Waals surface area contributed by atoms with E-state index in [1.54, 1.807) is 17.4 Å². The summed E-state index contributed by atoms with van der Waals surface area (Å²) in [5, 5.41) is 15.3. The molecule has 4 aromatic rings. The third kappa shape index (κ3) is 6.77. The number of carboxylic acid groups (broad SMARTS) is 1. The second kappa shape index (κ2) is 11.9. The van der Waals surface area contributed by atoms with Crippen LogP contribution in [0.2, 0.25) is 0 Å². The smallest absolute Gasteiger partial charge is 0.307 e. The van der Waals surface area contributed by atoms with Crippen molar-refractivity contribution >= 4 is 23.0 Å². The van der Waals surface area contributed by atoms with Gasteiger partial charge in [0.2, 0.25) is 0 Å². The third-order valence-electron chi connectivity index (χ3n) is 5.24. The SMILES string of the molecule is O=C(O)Cc1cccc(OCCON=C(Cc2cccs2)c2ccc(-c3ccccc3)cc2)c1F. The van der Waals surface area contributed by atoms with Crippen LogP contribution in [0.4, 0.5) is 4.39 Å². The molecule has 4 rings (SSSR count). The standard InChI is InChI=1S/C28H24FNO4S/c29-28-23(18-27(31)32)8-4-10-26(28)33-15-16-34-30-25(19-24-9-5-17-35-24)22-13-11-21(12-14-22)20-6-2-1-3-7-20/h1-14,17H,15-16,18-19H2,(H,31,32). The van der Waals surface area contributed by atoms with Gasteiger partial charge in [0, 0.05) is 16.9 Å². The molecule has 1 aromatic heterocycles. The van der Waals surface area contributed by atoms with Crippen molar-refractivity contribution in [3.8, 4) is 16.9 Å². The number of carboxylic acids is 1. The van der Waals surface area contributed by atoms with Crippen LogP contribution in [0.25, 0.3) is 11.1 Å². The van der Waals surface area contributed by atoms with Gasteiger partial charge in [-0.15, -0.1) is 11.3 Å². The van der Waals surface area contributed by atoms with Gasteiger partial charge in [-0.25, -0.2) is 4.39 Å². The lowest BCUT2D eigenvalue weighted by Crippen LogP contribution is -2.10. The number of benzene rings is 3. The van der Waals surface area contributed by atoms with Crippen LogP contribution in [0, 0.1) is 5.82 Å². The monoisotopic (exact) mass is 489 g/mol. The number of halogens is 1. The lowest BCUT2D eigenvalue weighted by atomic mass is 10.0. The molecule has 7 heteroatoms. The molecular weight excluding hydrogens is 465 g/mol. The molecule has 178 valence electrons. The molecule has 0 aliphatic rings. The molecule has 0 saturated carbocycles. The van der Waals surface area contributed by atoms with Gasteiger partial charge in [0.15, 0.2) is 18.2 Å². The van der Waals surface area contributed by atoms with E-state index < -0.39 is 18.2 Å². The van der Waals surface area contributed by atoms with E-state index in [0.29, 0.717) is 6.42 Å². The Morgan fingerprint density at radius 3 is 2.34 bits per heavy atom. The number of nitrogens with zero attached hydrogens (tertiary/aromatic N) is 1. The molecule has 0 atom stereocenters. The van der Waals surface area contributed by atoms with Gasteiger partial charge < -0.3 is 14.7 Å². The maximum Gasteiger partial charge on any atom is 0.307 e. The van der Waals surface area contributed by atoms with Crippen LogP contribution in [0.3, 0.4) is 0 Å². The van der Waals surface area contributed by atoms with Crippen molar-refractivity contribution in [3.05, 3.63) is 112 Å². The van der Waals surface area contributed by atoms with Gasteiger partial charge in [0.1, 0.15) is 6.61 Å². The predicted octanol–water partition coefficient (Wildman–Crippen LogP) is 6.22. The van der Waals surface area contributed by atoms with Crippen molar-refractivity contribution in [2.75, 3.05) is 13.2 Å². The van der Waals surface area contributed by atoms with E-state index in [4.69, 9.17) is 14.7 Å². The summed E-state index contributed by atoms with van der Waals surface area (Å²) < 4.78 is 19.9. The summed E-state index contributed by atoms with van der Waals surface area (Å²) in [7, 11) is 0. The zero-order valence-corrected chi connectivity index (χ0v) is 19.7. The molecule has 0 aliphatic heterocycles. The van der Waals surface area contributed by atoms with E-state index in [0.717, 1.165) is 27.3 Å². The van der Waals surface area contributed by atoms with Gasteiger partial charge in [-0.3, -0.25) is 4.79 Å². The zero-order valence-electron chi connectivity index (χ0n) is 18.9. The number of oxime groups is 1. The van der Waals surface area contributed by atoms with Crippen LogP contribution in [-0.2, 0) is 22.5 Å². The average Bonchev–Trinajstić information content (AvgIpc) is 3.39. The highest BCUT2D eigenvalue weighted by Gasteiger charge is 2.12. The summed E-state index contributed by atoms with van der Waals surface area (Å²) in [6.07, 6.45) is 0.216. The molecule has 0 fully saturated rings. The van der Waals surface area contributed by atoms with E-state index in [9.17, 15) is 9.18 Å². The molecule has 0 spiro atoms. The van der Waals surface area contributed by atoms with Crippen molar-refractivity contribution in [3.63, 3.8) is 0 Å². The van der Waals surface area contributed by atoms with E-state index in [-0.39, 0.29) is 24.5 Å². The van der Waals surface area contributed by atoms with Crippen LogP contribution >= 0.6 is 11.3 Å². The first-order chi connectivity index (χ1) is 17.1. The Bertz CT molecular complexity index is 1270. The fourth-order valence-electron chi connectivity index (χ4n) is 3.53. The Morgan fingerprint density at radius 1 is 0.857 bits per heavy atom. The topological polar surface area (TPSA) is 68.1 Å². The van der Waals surface area contributed by atoms with Gasteiger partial charge in [0.25, 0.3) is 0 Å². The lowest BCUT2D eigenvalue weighted by molar-refractivity contribution is -0.136. The van der Waals surface area contributed by atoms with Gasteiger partial charge in [-0.2, -0.15) is 0 Å².